The molecule has 0 N–H and O–H groups in total. The molecule has 1 aliphatic rings. The summed E-state index contributed by atoms with van der Waals surface area (Å²) in [5.41, 5.74) is 10.2. The highest BCUT2D eigenvalue weighted by atomic mass is 32.1. The van der Waals surface area contributed by atoms with Gasteiger partial charge < -0.3 is 0 Å². The van der Waals surface area contributed by atoms with Crippen LogP contribution in [0.5, 0.6) is 0 Å². The van der Waals surface area contributed by atoms with Gasteiger partial charge in [0, 0.05) is 27.2 Å². The van der Waals surface area contributed by atoms with Crippen LogP contribution >= 0.6 is 11.3 Å². The lowest BCUT2D eigenvalue weighted by Crippen LogP contribution is -2.35. The van der Waals surface area contributed by atoms with Crippen molar-refractivity contribution in [3.05, 3.63) is 76.5 Å². The second-order valence-electron chi connectivity index (χ2n) is 13.6. The first-order valence-electron chi connectivity index (χ1n) is 13.7. The van der Waals surface area contributed by atoms with E-state index in [0.29, 0.717) is 0 Å². The number of nitrogens with zero attached hydrogens (tertiary/aromatic N) is 1. The number of rotatable bonds is 1. The van der Waals surface area contributed by atoms with E-state index >= 15 is 0 Å². The zero-order valence-electron chi connectivity index (χ0n) is 23.9. The van der Waals surface area contributed by atoms with Gasteiger partial charge in [-0.3, -0.25) is 4.98 Å². The minimum absolute atomic E-state index is 0.0477. The van der Waals surface area contributed by atoms with Gasteiger partial charge in [0.15, 0.2) is 0 Å². The highest BCUT2D eigenvalue weighted by Gasteiger charge is 2.41. The largest absolute Gasteiger partial charge is 0.255 e. The molecule has 1 nitrogen and oxygen atoms in total. The Bertz CT molecular complexity index is 1720. The zero-order chi connectivity index (χ0) is 26.5. The summed E-state index contributed by atoms with van der Waals surface area (Å²) in [6.45, 7) is 21.5. The Morgan fingerprint density at radius 3 is 2.16 bits per heavy atom. The van der Waals surface area contributed by atoms with E-state index in [0.717, 1.165) is 5.69 Å². The summed E-state index contributed by atoms with van der Waals surface area (Å²) in [6, 6.07) is 15.8. The molecule has 2 aromatic heterocycles. The van der Waals surface area contributed by atoms with Gasteiger partial charge in [0.25, 0.3) is 0 Å². The van der Waals surface area contributed by atoms with E-state index in [-0.39, 0.29) is 16.2 Å². The fourth-order valence-electron chi connectivity index (χ4n) is 6.89. The van der Waals surface area contributed by atoms with Gasteiger partial charge in [-0.15, -0.1) is 11.3 Å². The van der Waals surface area contributed by atoms with Gasteiger partial charge in [-0.05, 0) is 99.7 Å². The van der Waals surface area contributed by atoms with Crippen LogP contribution in [-0.2, 0) is 16.2 Å². The summed E-state index contributed by atoms with van der Waals surface area (Å²) in [5, 5.41) is 5.43. The van der Waals surface area contributed by atoms with E-state index in [1.807, 2.05) is 17.5 Å². The van der Waals surface area contributed by atoms with Crippen molar-refractivity contribution in [1.82, 2.24) is 4.98 Å². The molecule has 0 amide bonds. The lowest BCUT2D eigenvalue weighted by atomic mass is 9.61. The molecule has 1 aliphatic carbocycles. The topological polar surface area (TPSA) is 12.9 Å². The molecule has 0 fully saturated rings. The smallest absolute Gasteiger partial charge is 0.0880 e. The Labute approximate surface area is 225 Å². The molecule has 3 aromatic carbocycles. The first-order chi connectivity index (χ1) is 17.3. The minimum Gasteiger partial charge on any atom is -0.255 e. The van der Waals surface area contributed by atoms with Crippen LogP contribution in [0.3, 0.4) is 0 Å². The summed E-state index contributed by atoms with van der Waals surface area (Å²) >= 11 is 1.98. The molecule has 0 unspecified atom stereocenters. The highest BCUT2D eigenvalue weighted by molar-refractivity contribution is 7.26. The van der Waals surface area contributed by atoms with Gasteiger partial charge >= 0.3 is 0 Å². The van der Waals surface area contributed by atoms with Crippen LogP contribution in [0.25, 0.3) is 42.2 Å². The van der Waals surface area contributed by atoms with Gasteiger partial charge in [-0.1, -0.05) is 72.7 Å². The predicted octanol–water partition coefficient (Wildman–Crippen LogP) is 10.5. The standard InChI is InChI=1S/C35H39NS/c1-20-21(2)28-29(35(8,9)16-15-34(28,6)7)32-27(20)25-14-17-36-30(31(25)37-32)23-18-22-12-10-11-13-24(22)26(19-23)33(3,4)5/h10-14,17-19H,15-16H2,1-9H3. The zero-order valence-corrected chi connectivity index (χ0v) is 24.7. The van der Waals surface area contributed by atoms with Gasteiger partial charge in [0.05, 0.1) is 10.4 Å². The maximum atomic E-state index is 5.04. The number of benzene rings is 3. The average molecular weight is 506 g/mol. The predicted molar refractivity (Wildman–Crippen MR) is 164 cm³/mol. The third kappa shape index (κ3) is 3.59. The van der Waals surface area contributed by atoms with E-state index in [4.69, 9.17) is 4.98 Å². The molecule has 0 spiro atoms. The molecule has 0 saturated carbocycles. The van der Waals surface area contributed by atoms with Gasteiger partial charge in [0.1, 0.15) is 0 Å². The first-order valence-corrected chi connectivity index (χ1v) is 14.5. The molecule has 37 heavy (non-hydrogen) atoms. The van der Waals surface area contributed by atoms with Gasteiger partial charge in [-0.25, -0.2) is 0 Å². The van der Waals surface area contributed by atoms with Crippen molar-refractivity contribution in [3.8, 4) is 11.3 Å². The maximum absolute atomic E-state index is 5.04. The van der Waals surface area contributed by atoms with Crippen LogP contribution in [-0.4, -0.2) is 4.98 Å². The first kappa shape index (κ1) is 24.6. The molecular weight excluding hydrogens is 466 g/mol. The summed E-state index contributed by atoms with van der Waals surface area (Å²) in [4.78, 5) is 5.04. The van der Waals surface area contributed by atoms with Crippen LogP contribution in [0.15, 0.2) is 48.7 Å². The Hall–Kier alpha value is -2.71. The molecule has 0 bridgehead atoms. The number of hydrogen-bond acceptors (Lipinski definition) is 2. The van der Waals surface area contributed by atoms with Crippen LogP contribution in [0, 0.1) is 13.8 Å². The van der Waals surface area contributed by atoms with Gasteiger partial charge in [-0.2, -0.15) is 0 Å². The summed E-state index contributed by atoms with van der Waals surface area (Å²) in [7, 11) is 0. The number of hydrogen-bond donors (Lipinski definition) is 0. The Balaban J connectivity index is 1.74. The fourth-order valence-corrected chi connectivity index (χ4v) is 8.49. The second-order valence-corrected chi connectivity index (χ2v) is 14.6. The normalized spacial score (nSPS) is 17.0. The minimum atomic E-state index is 0.0477. The highest BCUT2D eigenvalue weighted by Crippen LogP contribution is 2.54. The lowest BCUT2D eigenvalue weighted by molar-refractivity contribution is 0.333. The molecule has 190 valence electrons. The van der Waals surface area contributed by atoms with Crippen molar-refractivity contribution in [2.75, 3.05) is 0 Å². The van der Waals surface area contributed by atoms with Crippen LogP contribution in [0.2, 0.25) is 0 Å². The van der Waals surface area contributed by atoms with E-state index in [2.05, 4.69) is 105 Å². The second kappa shape index (κ2) is 7.90. The molecule has 6 rings (SSSR count). The van der Waals surface area contributed by atoms with Crippen LogP contribution < -0.4 is 0 Å². The average Bonchev–Trinajstić information content (AvgIpc) is 3.22. The van der Waals surface area contributed by atoms with Crippen molar-refractivity contribution in [1.29, 1.82) is 0 Å². The van der Waals surface area contributed by atoms with Crippen molar-refractivity contribution in [3.63, 3.8) is 0 Å². The number of aromatic nitrogens is 1. The quantitative estimate of drug-likeness (QED) is 0.221. The molecule has 0 atom stereocenters. The van der Waals surface area contributed by atoms with Crippen molar-refractivity contribution >= 4 is 42.3 Å². The molecule has 2 heteroatoms. The Kier molecular flexibility index (Phi) is 5.26. The number of thiophene rings is 1. The number of aryl methyl sites for hydroxylation is 1. The van der Waals surface area contributed by atoms with E-state index < -0.39 is 0 Å². The molecule has 0 saturated heterocycles. The third-order valence-electron chi connectivity index (χ3n) is 9.07. The summed E-state index contributed by atoms with van der Waals surface area (Å²) < 4.78 is 2.81. The number of pyridine rings is 1. The SMILES string of the molecule is Cc1c2c(c3sc4c(-c5cc(C(C)(C)C)c6ccccc6c5)nccc4c3c1C)C(C)(C)CCC2(C)C. The van der Waals surface area contributed by atoms with E-state index in [1.54, 1.807) is 11.1 Å². The molecule has 2 heterocycles. The third-order valence-corrected chi connectivity index (χ3v) is 10.3. The van der Waals surface area contributed by atoms with E-state index in [1.165, 1.54) is 66.0 Å². The van der Waals surface area contributed by atoms with Crippen LogP contribution in [0.4, 0.5) is 0 Å². The summed E-state index contributed by atoms with van der Waals surface area (Å²) in [5.74, 6) is 0. The monoisotopic (exact) mass is 505 g/mol. The molecular formula is C35H39NS. The van der Waals surface area contributed by atoms with Gasteiger partial charge in [0.2, 0.25) is 0 Å². The number of fused-ring (bicyclic) bond motifs is 6. The van der Waals surface area contributed by atoms with Crippen LogP contribution in [0.1, 0.15) is 89.1 Å². The lowest BCUT2D eigenvalue weighted by Gasteiger charge is -2.43. The Morgan fingerprint density at radius 2 is 1.46 bits per heavy atom. The van der Waals surface area contributed by atoms with Crippen molar-refractivity contribution in [2.24, 2.45) is 0 Å². The molecule has 0 radical (unpaired) electrons. The van der Waals surface area contributed by atoms with Crippen molar-refractivity contribution in [2.45, 2.75) is 91.4 Å². The maximum Gasteiger partial charge on any atom is 0.0880 e. The molecule has 5 aromatic rings. The van der Waals surface area contributed by atoms with Crippen molar-refractivity contribution < 1.29 is 0 Å². The van der Waals surface area contributed by atoms with E-state index in [9.17, 15) is 0 Å². The fraction of sp³-hybridized carbons (Fsp3) is 0.400. The summed E-state index contributed by atoms with van der Waals surface area (Å²) in [6.07, 6.45) is 4.49. The molecule has 0 aliphatic heterocycles. The Morgan fingerprint density at radius 1 is 0.784 bits per heavy atom.